The number of nitrogens with zero attached hydrogens (tertiary/aromatic N) is 3. The zero-order valence-electron chi connectivity index (χ0n) is 16.8. The fourth-order valence-corrected chi connectivity index (χ4v) is 3.72. The van der Waals surface area contributed by atoms with Gasteiger partial charge < -0.3 is 19.6 Å². The second-order valence-corrected chi connectivity index (χ2v) is 8.17. The summed E-state index contributed by atoms with van der Waals surface area (Å²) in [6.07, 6.45) is 5.37. The van der Waals surface area contributed by atoms with Gasteiger partial charge in [0.05, 0.1) is 6.54 Å². The maximum atomic E-state index is 12.7. The topological polar surface area (TPSA) is 65.9 Å². The smallest absolute Gasteiger partial charge is 0.223 e. The fraction of sp³-hybridized carbons (Fsp3) is 0.455. The Labute approximate surface area is 177 Å². The zero-order chi connectivity index (χ0) is 20.7. The summed E-state index contributed by atoms with van der Waals surface area (Å²) in [5.74, 6) is 0.676. The highest BCUT2D eigenvalue weighted by atomic mass is 35.5. The van der Waals surface area contributed by atoms with Gasteiger partial charge in [-0.2, -0.15) is 0 Å². The number of carbonyl (C=O) groups is 1. The number of ether oxygens (including phenoxy) is 1. The molecule has 29 heavy (non-hydrogen) atoms. The Morgan fingerprint density at radius 3 is 3.00 bits per heavy atom. The fourth-order valence-electron chi connectivity index (χ4n) is 3.54. The molecule has 156 valence electrons. The van der Waals surface area contributed by atoms with Gasteiger partial charge in [0, 0.05) is 43.5 Å². The molecule has 1 atom stereocenters. The normalized spacial score (nSPS) is 19.4. The number of halogens is 1. The molecule has 1 aliphatic rings. The number of hydrogen-bond donors (Lipinski definition) is 1. The van der Waals surface area contributed by atoms with Crippen molar-refractivity contribution < 1.29 is 14.6 Å². The predicted molar refractivity (Wildman–Crippen MR) is 113 cm³/mol. The number of amides is 1. The minimum atomic E-state index is -1.04. The monoisotopic (exact) mass is 417 g/mol. The van der Waals surface area contributed by atoms with E-state index in [0.717, 1.165) is 18.5 Å². The average Bonchev–Trinajstić information content (AvgIpc) is 2.71. The number of β-amino-alcohol motifs (C(OH)–C–C–N with tert-alkyl or cyclic N) is 1. The molecule has 1 aromatic carbocycles. The standard InChI is InChI=1S/C22H28ClN3O3/c1-25(15-18-5-3-10-24-14-18)12-8-21(27)26-11-4-9-22(28,16-26)17-29-20-7-2-6-19(23)13-20/h2-3,5-7,10,13-14,28H,4,8-9,11-12,15-17H2,1H3. The Morgan fingerprint density at radius 1 is 1.38 bits per heavy atom. The molecule has 0 radical (unpaired) electrons. The van der Waals surface area contributed by atoms with Crippen molar-refractivity contribution in [1.82, 2.24) is 14.8 Å². The van der Waals surface area contributed by atoms with Crippen LogP contribution < -0.4 is 4.74 Å². The summed E-state index contributed by atoms with van der Waals surface area (Å²) in [6.45, 7) is 2.50. The van der Waals surface area contributed by atoms with Crippen LogP contribution in [0.3, 0.4) is 0 Å². The van der Waals surface area contributed by atoms with Crippen molar-refractivity contribution in [2.45, 2.75) is 31.4 Å². The van der Waals surface area contributed by atoms with Crippen molar-refractivity contribution >= 4 is 17.5 Å². The van der Waals surface area contributed by atoms with Crippen LogP contribution in [0.25, 0.3) is 0 Å². The SMILES string of the molecule is CN(CCC(=O)N1CCCC(O)(COc2cccc(Cl)c2)C1)Cc1cccnc1. The van der Waals surface area contributed by atoms with Gasteiger partial charge in [0.15, 0.2) is 0 Å². The van der Waals surface area contributed by atoms with Crippen LogP contribution in [0.4, 0.5) is 0 Å². The van der Waals surface area contributed by atoms with E-state index in [0.29, 0.717) is 43.2 Å². The molecule has 1 amide bonds. The lowest BCUT2D eigenvalue weighted by molar-refractivity contribution is -0.140. The molecule has 1 aromatic heterocycles. The van der Waals surface area contributed by atoms with E-state index in [2.05, 4.69) is 9.88 Å². The van der Waals surface area contributed by atoms with Crippen LogP contribution in [0.15, 0.2) is 48.8 Å². The lowest BCUT2D eigenvalue weighted by Gasteiger charge is -2.39. The van der Waals surface area contributed by atoms with E-state index in [4.69, 9.17) is 16.3 Å². The Morgan fingerprint density at radius 2 is 2.24 bits per heavy atom. The van der Waals surface area contributed by atoms with Crippen molar-refractivity contribution in [3.05, 3.63) is 59.4 Å². The first kappa shape index (κ1) is 21.6. The van der Waals surface area contributed by atoms with Gasteiger partial charge in [-0.05, 0) is 49.7 Å². The van der Waals surface area contributed by atoms with Gasteiger partial charge in [0.25, 0.3) is 0 Å². The molecule has 3 rings (SSSR count). The van der Waals surface area contributed by atoms with Gasteiger partial charge in [-0.25, -0.2) is 0 Å². The summed E-state index contributed by atoms with van der Waals surface area (Å²) < 4.78 is 5.74. The van der Waals surface area contributed by atoms with E-state index >= 15 is 0 Å². The quantitative estimate of drug-likeness (QED) is 0.715. The van der Waals surface area contributed by atoms with Crippen LogP contribution in [-0.2, 0) is 11.3 Å². The molecule has 1 saturated heterocycles. The summed E-state index contributed by atoms with van der Waals surface area (Å²) in [7, 11) is 1.99. The summed E-state index contributed by atoms with van der Waals surface area (Å²) in [5.41, 5.74) is 0.0747. The molecule has 2 heterocycles. The van der Waals surface area contributed by atoms with Crippen molar-refractivity contribution in [3.8, 4) is 5.75 Å². The molecule has 0 bridgehead atoms. The van der Waals surface area contributed by atoms with Crippen LogP contribution in [0, 0.1) is 0 Å². The molecule has 1 aliphatic heterocycles. The minimum absolute atomic E-state index is 0.0592. The number of hydrogen-bond acceptors (Lipinski definition) is 5. The molecule has 0 aliphatic carbocycles. The molecule has 2 aromatic rings. The number of aliphatic hydroxyl groups is 1. The number of benzene rings is 1. The van der Waals surface area contributed by atoms with Crippen molar-refractivity contribution in [3.63, 3.8) is 0 Å². The van der Waals surface area contributed by atoms with E-state index in [1.165, 1.54) is 0 Å². The van der Waals surface area contributed by atoms with Crippen LogP contribution in [0.1, 0.15) is 24.8 Å². The summed E-state index contributed by atoms with van der Waals surface area (Å²) in [6, 6.07) is 11.0. The Bertz CT molecular complexity index is 805. The number of pyridine rings is 1. The third-order valence-corrected chi connectivity index (χ3v) is 5.33. The number of carbonyl (C=O) groups excluding carboxylic acids is 1. The summed E-state index contributed by atoms with van der Waals surface area (Å²) >= 11 is 5.97. The van der Waals surface area contributed by atoms with Crippen molar-refractivity contribution in [2.24, 2.45) is 0 Å². The van der Waals surface area contributed by atoms with Crippen LogP contribution in [0.2, 0.25) is 5.02 Å². The second kappa shape index (κ2) is 10.1. The van der Waals surface area contributed by atoms with E-state index in [-0.39, 0.29) is 12.5 Å². The van der Waals surface area contributed by atoms with E-state index in [1.807, 2.05) is 25.4 Å². The molecule has 1 unspecified atom stereocenters. The first-order chi connectivity index (χ1) is 13.9. The molecule has 1 fully saturated rings. The second-order valence-electron chi connectivity index (χ2n) is 7.74. The Hall–Kier alpha value is -2.15. The van der Waals surface area contributed by atoms with Crippen molar-refractivity contribution in [1.29, 1.82) is 0 Å². The van der Waals surface area contributed by atoms with Crippen LogP contribution >= 0.6 is 11.6 Å². The summed E-state index contributed by atoms with van der Waals surface area (Å²) in [4.78, 5) is 20.7. The highest BCUT2D eigenvalue weighted by Crippen LogP contribution is 2.24. The van der Waals surface area contributed by atoms with Crippen LogP contribution in [0.5, 0.6) is 5.75 Å². The molecule has 6 nitrogen and oxygen atoms in total. The molecule has 0 saturated carbocycles. The number of rotatable bonds is 8. The number of piperidine rings is 1. The van der Waals surface area contributed by atoms with Gasteiger partial charge in [0.1, 0.15) is 18.0 Å². The number of aromatic nitrogens is 1. The maximum absolute atomic E-state index is 12.7. The van der Waals surface area contributed by atoms with Gasteiger partial charge in [-0.3, -0.25) is 9.78 Å². The minimum Gasteiger partial charge on any atom is -0.490 e. The average molecular weight is 418 g/mol. The highest BCUT2D eigenvalue weighted by Gasteiger charge is 2.36. The molecule has 0 spiro atoms. The Kier molecular flexibility index (Phi) is 7.47. The van der Waals surface area contributed by atoms with Gasteiger partial charge >= 0.3 is 0 Å². The largest absolute Gasteiger partial charge is 0.490 e. The molecule has 1 N–H and O–H groups in total. The molecule has 7 heteroatoms. The lowest BCUT2D eigenvalue weighted by Crippen LogP contribution is -2.53. The first-order valence-electron chi connectivity index (χ1n) is 9.89. The van der Waals surface area contributed by atoms with Gasteiger partial charge in [0.2, 0.25) is 5.91 Å². The van der Waals surface area contributed by atoms with Crippen molar-refractivity contribution in [2.75, 3.05) is 33.3 Å². The first-order valence-corrected chi connectivity index (χ1v) is 10.3. The predicted octanol–water partition coefficient (Wildman–Crippen LogP) is 2.99. The third kappa shape index (κ3) is 6.70. The van der Waals surface area contributed by atoms with Gasteiger partial charge in [-0.15, -0.1) is 0 Å². The van der Waals surface area contributed by atoms with E-state index in [1.54, 1.807) is 35.4 Å². The van der Waals surface area contributed by atoms with Crippen LogP contribution in [-0.4, -0.2) is 64.7 Å². The van der Waals surface area contributed by atoms with E-state index in [9.17, 15) is 9.90 Å². The summed E-state index contributed by atoms with van der Waals surface area (Å²) in [5, 5.41) is 11.5. The zero-order valence-corrected chi connectivity index (χ0v) is 17.5. The maximum Gasteiger partial charge on any atom is 0.223 e. The Balaban J connectivity index is 1.46. The van der Waals surface area contributed by atoms with Gasteiger partial charge in [-0.1, -0.05) is 23.7 Å². The van der Waals surface area contributed by atoms with E-state index < -0.39 is 5.60 Å². The molecular weight excluding hydrogens is 390 g/mol. The molecular formula is C22H28ClN3O3. The number of likely N-dealkylation sites (tertiary alicyclic amines) is 1. The highest BCUT2D eigenvalue weighted by molar-refractivity contribution is 6.30. The third-order valence-electron chi connectivity index (χ3n) is 5.09. The lowest BCUT2D eigenvalue weighted by atomic mass is 9.93.